The van der Waals surface area contributed by atoms with Crippen molar-refractivity contribution in [2.24, 2.45) is 0 Å². The molecule has 2 aromatic rings. The van der Waals surface area contributed by atoms with Crippen LogP contribution in [0.15, 0.2) is 41.3 Å². The first-order valence-electron chi connectivity index (χ1n) is 7.32. The Bertz CT molecular complexity index is 911. The molecule has 1 aliphatic heterocycles. The summed E-state index contributed by atoms with van der Waals surface area (Å²) in [5.74, 6) is 0.312. The molecular formula is C18H14INO3S2. The van der Waals surface area contributed by atoms with E-state index in [-0.39, 0.29) is 11.7 Å². The number of methoxy groups -OCH3 is 1. The second-order valence-electron chi connectivity index (χ2n) is 5.36. The number of carbonyl (C=O) groups excluding carboxylic acids is 1. The molecule has 0 radical (unpaired) electrons. The van der Waals surface area contributed by atoms with Crippen LogP contribution in [0, 0.1) is 10.5 Å². The molecule has 25 heavy (non-hydrogen) atoms. The summed E-state index contributed by atoms with van der Waals surface area (Å²) in [6.07, 6.45) is 1.77. The van der Waals surface area contributed by atoms with E-state index >= 15 is 0 Å². The number of aryl methyl sites for hydroxylation is 1. The van der Waals surface area contributed by atoms with Crippen molar-refractivity contribution in [3.8, 4) is 11.5 Å². The number of carbonyl (C=O) groups is 1. The average molecular weight is 483 g/mol. The van der Waals surface area contributed by atoms with Crippen LogP contribution in [0.5, 0.6) is 11.5 Å². The van der Waals surface area contributed by atoms with Crippen molar-refractivity contribution >= 4 is 68.6 Å². The number of ether oxygens (including phenoxy) is 1. The van der Waals surface area contributed by atoms with Crippen molar-refractivity contribution in [2.45, 2.75) is 6.92 Å². The van der Waals surface area contributed by atoms with Crippen molar-refractivity contribution in [1.82, 2.24) is 0 Å². The molecule has 1 N–H and O–H groups in total. The van der Waals surface area contributed by atoms with E-state index in [1.165, 1.54) is 18.9 Å². The fraction of sp³-hybridized carbons (Fsp3) is 0.111. The lowest BCUT2D eigenvalue weighted by Gasteiger charge is -2.16. The van der Waals surface area contributed by atoms with E-state index in [0.29, 0.717) is 18.5 Å². The summed E-state index contributed by atoms with van der Waals surface area (Å²) in [6.45, 7) is 1.95. The molecule has 3 rings (SSSR count). The Kier molecular flexibility index (Phi) is 5.35. The van der Waals surface area contributed by atoms with E-state index in [1.54, 1.807) is 23.1 Å². The highest BCUT2D eigenvalue weighted by molar-refractivity contribution is 14.1. The average Bonchev–Trinajstić information content (AvgIpc) is 2.85. The smallest absolute Gasteiger partial charge is 0.270 e. The summed E-state index contributed by atoms with van der Waals surface area (Å²) in [6, 6.07) is 11.1. The number of thiocarbonyl (C=S) groups is 1. The lowest BCUT2D eigenvalue weighted by atomic mass is 10.1. The van der Waals surface area contributed by atoms with E-state index < -0.39 is 0 Å². The van der Waals surface area contributed by atoms with E-state index in [4.69, 9.17) is 17.0 Å². The number of phenolic OH excluding ortho intramolecular Hbond substituents is 1. The number of amides is 1. The number of anilines is 1. The fourth-order valence-corrected chi connectivity index (χ4v) is 4.38. The number of aromatic hydroxyl groups is 1. The number of benzene rings is 2. The third kappa shape index (κ3) is 3.54. The first-order chi connectivity index (χ1) is 11.9. The van der Waals surface area contributed by atoms with Gasteiger partial charge in [-0.25, -0.2) is 0 Å². The third-order valence-corrected chi connectivity index (χ3v) is 5.84. The van der Waals surface area contributed by atoms with Gasteiger partial charge in [-0.3, -0.25) is 9.69 Å². The number of phenols is 1. The number of nitrogens with zero attached hydrogens (tertiary/aromatic N) is 1. The Morgan fingerprint density at radius 3 is 2.72 bits per heavy atom. The van der Waals surface area contributed by atoms with Gasteiger partial charge in [0.2, 0.25) is 0 Å². The Balaban J connectivity index is 1.99. The number of para-hydroxylation sites is 1. The minimum atomic E-state index is -0.147. The summed E-state index contributed by atoms with van der Waals surface area (Å²) >= 11 is 8.70. The highest BCUT2D eigenvalue weighted by atomic mass is 127. The van der Waals surface area contributed by atoms with Crippen LogP contribution in [0.2, 0.25) is 0 Å². The van der Waals surface area contributed by atoms with Crippen LogP contribution in [-0.4, -0.2) is 22.4 Å². The Morgan fingerprint density at radius 2 is 2.04 bits per heavy atom. The lowest BCUT2D eigenvalue weighted by Crippen LogP contribution is -2.28. The second-order valence-corrected chi connectivity index (χ2v) is 8.20. The molecule has 0 unspecified atom stereocenters. The highest BCUT2D eigenvalue weighted by Gasteiger charge is 2.34. The number of rotatable bonds is 3. The van der Waals surface area contributed by atoms with Gasteiger partial charge in [-0.2, -0.15) is 0 Å². The van der Waals surface area contributed by atoms with E-state index in [2.05, 4.69) is 0 Å². The Labute approximate surface area is 169 Å². The molecule has 0 aliphatic carbocycles. The van der Waals surface area contributed by atoms with Crippen LogP contribution >= 0.6 is 46.6 Å². The van der Waals surface area contributed by atoms with E-state index in [9.17, 15) is 9.90 Å². The second kappa shape index (κ2) is 7.35. The summed E-state index contributed by atoms with van der Waals surface area (Å²) in [5, 5.41) is 9.94. The van der Waals surface area contributed by atoms with Crippen molar-refractivity contribution in [3.63, 3.8) is 0 Å². The third-order valence-electron chi connectivity index (χ3n) is 3.72. The SMILES string of the molecule is COc1cc(/C=C2/SC(=S)N(c3ccccc3C)C2=O)cc(I)c1O. The molecule has 0 atom stereocenters. The summed E-state index contributed by atoms with van der Waals surface area (Å²) in [5.41, 5.74) is 2.55. The van der Waals surface area contributed by atoms with Crippen molar-refractivity contribution < 1.29 is 14.6 Å². The molecular weight excluding hydrogens is 469 g/mol. The van der Waals surface area contributed by atoms with Crippen molar-refractivity contribution in [1.29, 1.82) is 0 Å². The van der Waals surface area contributed by atoms with Crippen molar-refractivity contribution in [3.05, 3.63) is 56.0 Å². The maximum Gasteiger partial charge on any atom is 0.270 e. The fourth-order valence-electron chi connectivity index (χ4n) is 2.47. The van der Waals surface area contributed by atoms with Crippen LogP contribution in [0.1, 0.15) is 11.1 Å². The Hall–Kier alpha value is -1.58. The van der Waals surface area contributed by atoms with Gasteiger partial charge in [0.25, 0.3) is 5.91 Å². The van der Waals surface area contributed by atoms with Crippen LogP contribution in [0.25, 0.3) is 6.08 Å². The zero-order valence-electron chi connectivity index (χ0n) is 13.4. The zero-order chi connectivity index (χ0) is 18.1. The van der Waals surface area contributed by atoms with E-state index in [1.807, 2.05) is 53.8 Å². The molecule has 4 nitrogen and oxygen atoms in total. The van der Waals surface area contributed by atoms with Gasteiger partial charge in [0.1, 0.15) is 0 Å². The summed E-state index contributed by atoms with van der Waals surface area (Å²) < 4.78 is 6.33. The molecule has 0 spiro atoms. The number of hydrogen-bond donors (Lipinski definition) is 1. The number of hydrogen-bond acceptors (Lipinski definition) is 5. The van der Waals surface area contributed by atoms with Crippen LogP contribution < -0.4 is 9.64 Å². The van der Waals surface area contributed by atoms with Gasteiger partial charge in [0.05, 0.1) is 21.3 Å². The number of thioether (sulfide) groups is 1. The van der Waals surface area contributed by atoms with Gasteiger partial charge in [0, 0.05) is 0 Å². The minimum absolute atomic E-state index is 0.0905. The van der Waals surface area contributed by atoms with Gasteiger partial charge in [-0.15, -0.1) is 0 Å². The molecule has 1 aliphatic rings. The lowest BCUT2D eigenvalue weighted by molar-refractivity contribution is -0.113. The number of halogens is 1. The molecule has 0 saturated carbocycles. The molecule has 0 bridgehead atoms. The van der Waals surface area contributed by atoms with Gasteiger partial charge < -0.3 is 9.84 Å². The van der Waals surface area contributed by atoms with Gasteiger partial charge in [0.15, 0.2) is 15.8 Å². The molecule has 1 saturated heterocycles. The maximum absolute atomic E-state index is 12.8. The molecule has 7 heteroatoms. The topological polar surface area (TPSA) is 49.8 Å². The molecule has 2 aromatic carbocycles. The molecule has 128 valence electrons. The predicted molar refractivity (Wildman–Crippen MR) is 114 cm³/mol. The predicted octanol–water partition coefficient (Wildman–Crippen LogP) is 4.72. The quantitative estimate of drug-likeness (QED) is 0.389. The molecule has 1 amide bonds. The molecule has 1 heterocycles. The molecule has 1 fully saturated rings. The van der Waals surface area contributed by atoms with Gasteiger partial charge in [-0.05, 0) is 64.9 Å². The minimum Gasteiger partial charge on any atom is -0.504 e. The molecule has 0 aromatic heterocycles. The zero-order valence-corrected chi connectivity index (χ0v) is 17.2. The highest BCUT2D eigenvalue weighted by Crippen LogP contribution is 2.39. The van der Waals surface area contributed by atoms with Crippen LogP contribution in [-0.2, 0) is 4.79 Å². The largest absolute Gasteiger partial charge is 0.504 e. The first kappa shape index (κ1) is 18.2. The monoisotopic (exact) mass is 483 g/mol. The van der Waals surface area contributed by atoms with Gasteiger partial charge in [-0.1, -0.05) is 42.2 Å². The van der Waals surface area contributed by atoms with Crippen molar-refractivity contribution in [2.75, 3.05) is 12.0 Å². The van der Waals surface area contributed by atoms with E-state index in [0.717, 1.165) is 16.8 Å². The normalized spacial score (nSPS) is 16.0. The van der Waals surface area contributed by atoms with Crippen LogP contribution in [0.3, 0.4) is 0 Å². The first-order valence-corrected chi connectivity index (χ1v) is 9.63. The summed E-state index contributed by atoms with van der Waals surface area (Å²) in [7, 11) is 1.49. The summed E-state index contributed by atoms with van der Waals surface area (Å²) in [4.78, 5) is 14.9. The Morgan fingerprint density at radius 1 is 1.32 bits per heavy atom. The standard InChI is InChI=1S/C18H14INO3S2/c1-10-5-3-4-6-13(10)20-17(22)15(25-18(20)24)9-11-7-12(19)16(21)14(8-11)23-2/h3-9,21H,1-2H3/b15-9+. The van der Waals surface area contributed by atoms with Crippen LogP contribution in [0.4, 0.5) is 5.69 Å². The maximum atomic E-state index is 12.8. The van der Waals surface area contributed by atoms with Gasteiger partial charge >= 0.3 is 0 Å².